The number of hydrogen-bond donors (Lipinski definition) is 0. The standard InChI is InChI=1S/C20H30N2O2S/c1-2-25(23,24)22-15-11-20(12-16-22)10-9-19(21-13-5-6-14-21)17-7-3-4-8-18(17)20/h3-4,7-8,19H,2,5-6,9-16H2,1H3. The van der Waals surface area contributed by atoms with Crippen LogP contribution in [0, 0.1) is 0 Å². The second-order valence-corrected chi connectivity index (χ2v) is 10.2. The Kier molecular flexibility index (Phi) is 4.67. The topological polar surface area (TPSA) is 40.6 Å². The van der Waals surface area contributed by atoms with E-state index in [-0.39, 0.29) is 11.2 Å². The predicted octanol–water partition coefficient (Wildman–Crippen LogP) is 3.30. The van der Waals surface area contributed by atoms with E-state index >= 15 is 0 Å². The smallest absolute Gasteiger partial charge is 0.213 e. The highest BCUT2D eigenvalue weighted by Crippen LogP contribution is 2.50. The summed E-state index contributed by atoms with van der Waals surface area (Å²) in [6.45, 7) is 5.57. The van der Waals surface area contributed by atoms with E-state index < -0.39 is 10.0 Å². The van der Waals surface area contributed by atoms with Gasteiger partial charge in [0.25, 0.3) is 0 Å². The van der Waals surface area contributed by atoms with Gasteiger partial charge in [-0.2, -0.15) is 0 Å². The van der Waals surface area contributed by atoms with Crippen molar-refractivity contribution >= 4 is 10.0 Å². The van der Waals surface area contributed by atoms with Gasteiger partial charge in [0.05, 0.1) is 5.75 Å². The highest BCUT2D eigenvalue weighted by molar-refractivity contribution is 7.89. The first-order valence-corrected chi connectivity index (χ1v) is 11.5. The molecule has 1 aromatic rings. The Morgan fingerprint density at radius 1 is 1.04 bits per heavy atom. The molecule has 25 heavy (non-hydrogen) atoms. The maximum atomic E-state index is 12.2. The average molecular weight is 363 g/mol. The highest BCUT2D eigenvalue weighted by Gasteiger charge is 2.44. The number of benzene rings is 1. The minimum atomic E-state index is -3.05. The second kappa shape index (κ2) is 6.67. The van der Waals surface area contributed by atoms with Crippen LogP contribution in [0.4, 0.5) is 0 Å². The van der Waals surface area contributed by atoms with Crippen molar-refractivity contribution in [3.05, 3.63) is 35.4 Å². The third-order valence-electron chi connectivity index (χ3n) is 6.81. The van der Waals surface area contributed by atoms with Crippen LogP contribution >= 0.6 is 0 Å². The van der Waals surface area contributed by atoms with Gasteiger partial charge in [0, 0.05) is 19.1 Å². The van der Waals surface area contributed by atoms with E-state index in [1.165, 1.54) is 49.9 Å². The Labute approximate surface area is 152 Å². The maximum absolute atomic E-state index is 12.2. The predicted molar refractivity (Wildman–Crippen MR) is 101 cm³/mol. The van der Waals surface area contributed by atoms with Gasteiger partial charge in [-0.3, -0.25) is 4.90 Å². The van der Waals surface area contributed by atoms with E-state index in [0.29, 0.717) is 19.1 Å². The van der Waals surface area contributed by atoms with Crippen LogP contribution in [0.15, 0.2) is 24.3 Å². The maximum Gasteiger partial charge on any atom is 0.213 e. The van der Waals surface area contributed by atoms with Crippen molar-refractivity contribution in [3.8, 4) is 0 Å². The van der Waals surface area contributed by atoms with E-state index in [9.17, 15) is 8.42 Å². The van der Waals surface area contributed by atoms with Crippen molar-refractivity contribution < 1.29 is 8.42 Å². The molecule has 138 valence electrons. The molecule has 1 unspecified atom stereocenters. The van der Waals surface area contributed by atoms with Gasteiger partial charge < -0.3 is 0 Å². The van der Waals surface area contributed by atoms with Gasteiger partial charge in [0.2, 0.25) is 10.0 Å². The van der Waals surface area contributed by atoms with Crippen LogP contribution in [0.1, 0.15) is 62.6 Å². The largest absolute Gasteiger partial charge is 0.296 e. The van der Waals surface area contributed by atoms with Gasteiger partial charge in [-0.1, -0.05) is 24.3 Å². The molecule has 2 saturated heterocycles. The lowest BCUT2D eigenvalue weighted by molar-refractivity contribution is 0.153. The first-order chi connectivity index (χ1) is 12.1. The minimum absolute atomic E-state index is 0.187. The molecule has 1 aliphatic carbocycles. The van der Waals surface area contributed by atoms with Crippen molar-refractivity contribution in [2.75, 3.05) is 31.9 Å². The summed E-state index contributed by atoms with van der Waals surface area (Å²) >= 11 is 0. The number of likely N-dealkylation sites (tertiary alicyclic amines) is 1. The average Bonchev–Trinajstić information content (AvgIpc) is 3.17. The van der Waals surface area contributed by atoms with E-state index in [0.717, 1.165) is 12.8 Å². The summed E-state index contributed by atoms with van der Waals surface area (Å²) in [5.41, 5.74) is 3.21. The number of rotatable bonds is 3. The summed E-state index contributed by atoms with van der Waals surface area (Å²) in [6.07, 6.45) is 7.01. The van der Waals surface area contributed by atoms with Crippen LogP contribution in [0.2, 0.25) is 0 Å². The lowest BCUT2D eigenvalue weighted by Crippen LogP contribution is -2.48. The molecule has 4 nitrogen and oxygen atoms in total. The molecular weight excluding hydrogens is 332 g/mol. The third kappa shape index (κ3) is 3.04. The van der Waals surface area contributed by atoms with Crippen molar-refractivity contribution in [3.63, 3.8) is 0 Å². The quantitative estimate of drug-likeness (QED) is 0.828. The fraction of sp³-hybridized carbons (Fsp3) is 0.700. The minimum Gasteiger partial charge on any atom is -0.296 e. The van der Waals surface area contributed by atoms with Crippen LogP contribution in [-0.4, -0.2) is 49.6 Å². The Morgan fingerprint density at radius 3 is 2.40 bits per heavy atom. The second-order valence-electron chi connectivity index (χ2n) is 7.96. The molecule has 1 aromatic carbocycles. The van der Waals surface area contributed by atoms with Crippen molar-refractivity contribution in [2.45, 2.75) is 56.9 Å². The molecule has 2 fully saturated rings. The molecular formula is C20H30N2O2S. The summed E-state index contributed by atoms with van der Waals surface area (Å²) in [4.78, 5) is 2.67. The molecule has 0 amide bonds. The van der Waals surface area contributed by atoms with Gasteiger partial charge in [0.15, 0.2) is 0 Å². The summed E-state index contributed by atoms with van der Waals surface area (Å²) in [5.74, 6) is 0.216. The van der Waals surface area contributed by atoms with E-state index in [2.05, 4.69) is 29.2 Å². The van der Waals surface area contributed by atoms with E-state index in [4.69, 9.17) is 0 Å². The fourth-order valence-electron chi connectivity index (χ4n) is 5.30. The Morgan fingerprint density at radius 2 is 1.72 bits per heavy atom. The monoisotopic (exact) mass is 362 g/mol. The first kappa shape index (κ1) is 17.5. The van der Waals surface area contributed by atoms with Gasteiger partial charge in [0.1, 0.15) is 0 Å². The van der Waals surface area contributed by atoms with Crippen LogP contribution in [0.3, 0.4) is 0 Å². The molecule has 3 aliphatic rings. The van der Waals surface area contributed by atoms with E-state index in [1.807, 2.05) is 0 Å². The summed E-state index contributed by atoms with van der Waals surface area (Å²) in [7, 11) is -3.05. The zero-order valence-electron chi connectivity index (χ0n) is 15.3. The zero-order chi connectivity index (χ0) is 17.5. The molecule has 0 bridgehead atoms. The molecule has 1 atom stereocenters. The molecule has 4 rings (SSSR count). The zero-order valence-corrected chi connectivity index (χ0v) is 16.1. The molecule has 0 N–H and O–H groups in total. The SMILES string of the molecule is CCS(=O)(=O)N1CCC2(CCC(N3CCCC3)c3ccccc32)CC1. The van der Waals surface area contributed by atoms with Crippen LogP contribution < -0.4 is 0 Å². The Balaban J connectivity index is 1.60. The molecule has 0 radical (unpaired) electrons. The molecule has 0 saturated carbocycles. The van der Waals surface area contributed by atoms with Crippen molar-refractivity contribution in [1.29, 1.82) is 0 Å². The lowest BCUT2D eigenvalue weighted by Gasteiger charge is -2.48. The van der Waals surface area contributed by atoms with Crippen molar-refractivity contribution in [2.24, 2.45) is 0 Å². The molecule has 1 spiro atoms. The lowest BCUT2D eigenvalue weighted by atomic mass is 9.63. The van der Waals surface area contributed by atoms with Gasteiger partial charge in [-0.05, 0) is 75.1 Å². The van der Waals surface area contributed by atoms with E-state index in [1.54, 1.807) is 11.2 Å². The number of nitrogens with zero attached hydrogens (tertiary/aromatic N) is 2. The molecule has 2 heterocycles. The third-order valence-corrected chi connectivity index (χ3v) is 8.69. The van der Waals surface area contributed by atoms with Crippen LogP contribution in [0.25, 0.3) is 0 Å². The van der Waals surface area contributed by atoms with Crippen molar-refractivity contribution in [1.82, 2.24) is 9.21 Å². The first-order valence-electron chi connectivity index (χ1n) is 9.87. The normalized spacial score (nSPS) is 27.5. The fourth-order valence-corrected chi connectivity index (χ4v) is 6.40. The van der Waals surface area contributed by atoms with Gasteiger partial charge in [-0.25, -0.2) is 12.7 Å². The van der Waals surface area contributed by atoms with Gasteiger partial charge >= 0.3 is 0 Å². The summed E-state index contributed by atoms with van der Waals surface area (Å²) in [5, 5.41) is 0. The van der Waals surface area contributed by atoms with Gasteiger partial charge in [-0.15, -0.1) is 0 Å². The number of hydrogen-bond acceptors (Lipinski definition) is 3. The number of sulfonamides is 1. The summed E-state index contributed by atoms with van der Waals surface area (Å²) in [6, 6.07) is 9.57. The Bertz CT molecular complexity index is 717. The van der Waals surface area contributed by atoms with Crippen LogP contribution in [-0.2, 0) is 15.4 Å². The molecule has 5 heteroatoms. The number of fused-ring (bicyclic) bond motifs is 2. The highest BCUT2D eigenvalue weighted by atomic mass is 32.2. The van der Waals surface area contributed by atoms with Crippen LogP contribution in [0.5, 0.6) is 0 Å². The number of piperidine rings is 1. The summed E-state index contributed by atoms with van der Waals surface area (Å²) < 4.78 is 26.1. The molecule has 2 aliphatic heterocycles. The Hall–Kier alpha value is -0.910. The molecule has 0 aromatic heterocycles.